The van der Waals surface area contributed by atoms with Gasteiger partial charge in [0.1, 0.15) is 5.78 Å². The molecular formula is C13H21NO3. The van der Waals surface area contributed by atoms with Crippen LogP contribution >= 0.6 is 0 Å². The van der Waals surface area contributed by atoms with Gasteiger partial charge >= 0.3 is 0 Å². The van der Waals surface area contributed by atoms with Crippen molar-refractivity contribution in [3.05, 3.63) is 0 Å². The minimum atomic E-state index is -0.0383. The smallest absolute Gasteiger partial charge is 0.146 e. The van der Waals surface area contributed by atoms with Gasteiger partial charge in [0, 0.05) is 32.1 Å². The number of ketones is 1. The summed E-state index contributed by atoms with van der Waals surface area (Å²) in [6.45, 7) is 4.12. The number of piperidine rings is 1. The van der Waals surface area contributed by atoms with E-state index >= 15 is 0 Å². The summed E-state index contributed by atoms with van der Waals surface area (Å²) in [4.78, 5) is 13.9. The standard InChI is InChI=1S/C13H21NO3/c15-12-2-1-5-14(9-12)11-3-6-17-13(8-11)4-7-16-10-13/h11H,1-10H2. The topological polar surface area (TPSA) is 38.8 Å². The van der Waals surface area contributed by atoms with Crippen molar-refractivity contribution in [2.45, 2.75) is 43.7 Å². The minimum Gasteiger partial charge on any atom is -0.378 e. The average molecular weight is 239 g/mol. The molecule has 0 amide bonds. The van der Waals surface area contributed by atoms with E-state index in [-0.39, 0.29) is 5.60 Å². The average Bonchev–Trinajstić information content (AvgIpc) is 2.77. The maximum absolute atomic E-state index is 11.5. The molecule has 0 aromatic heterocycles. The third kappa shape index (κ3) is 2.39. The zero-order chi connectivity index (χ0) is 11.7. The van der Waals surface area contributed by atoms with Gasteiger partial charge in [0.2, 0.25) is 0 Å². The van der Waals surface area contributed by atoms with E-state index in [9.17, 15) is 4.79 Å². The molecule has 4 heteroatoms. The lowest BCUT2D eigenvalue weighted by atomic mass is 9.88. The van der Waals surface area contributed by atoms with Crippen LogP contribution < -0.4 is 0 Å². The maximum Gasteiger partial charge on any atom is 0.146 e. The van der Waals surface area contributed by atoms with Gasteiger partial charge in [-0.1, -0.05) is 0 Å². The quantitative estimate of drug-likeness (QED) is 0.684. The number of likely N-dealkylation sites (tertiary alicyclic amines) is 1. The van der Waals surface area contributed by atoms with Crippen molar-refractivity contribution in [2.24, 2.45) is 0 Å². The Kier molecular flexibility index (Phi) is 3.19. The molecule has 0 saturated carbocycles. The van der Waals surface area contributed by atoms with Crippen molar-refractivity contribution in [3.8, 4) is 0 Å². The summed E-state index contributed by atoms with van der Waals surface area (Å²) in [6.07, 6.45) is 4.92. The van der Waals surface area contributed by atoms with E-state index in [2.05, 4.69) is 4.90 Å². The van der Waals surface area contributed by atoms with Crippen molar-refractivity contribution >= 4 is 5.78 Å². The molecule has 1 spiro atoms. The highest BCUT2D eigenvalue weighted by atomic mass is 16.6. The first-order valence-electron chi connectivity index (χ1n) is 6.75. The molecule has 3 saturated heterocycles. The molecule has 0 aliphatic carbocycles. The van der Waals surface area contributed by atoms with Gasteiger partial charge in [-0.25, -0.2) is 0 Å². The number of rotatable bonds is 1. The molecular weight excluding hydrogens is 218 g/mol. The Morgan fingerprint density at radius 1 is 1.35 bits per heavy atom. The minimum absolute atomic E-state index is 0.0383. The second kappa shape index (κ2) is 4.67. The summed E-state index contributed by atoms with van der Waals surface area (Å²) in [5.74, 6) is 0.402. The third-order valence-corrected chi connectivity index (χ3v) is 4.33. The monoisotopic (exact) mass is 239 g/mol. The first-order valence-corrected chi connectivity index (χ1v) is 6.75. The van der Waals surface area contributed by atoms with Gasteiger partial charge in [-0.05, 0) is 25.8 Å². The number of hydrogen-bond acceptors (Lipinski definition) is 4. The van der Waals surface area contributed by atoms with E-state index < -0.39 is 0 Å². The van der Waals surface area contributed by atoms with Gasteiger partial charge in [0.25, 0.3) is 0 Å². The van der Waals surface area contributed by atoms with E-state index in [1.54, 1.807) is 0 Å². The van der Waals surface area contributed by atoms with Gasteiger partial charge in [-0.2, -0.15) is 0 Å². The molecule has 0 aromatic carbocycles. The van der Waals surface area contributed by atoms with E-state index in [1.165, 1.54) is 0 Å². The highest BCUT2D eigenvalue weighted by molar-refractivity contribution is 5.81. The first kappa shape index (κ1) is 11.6. The Morgan fingerprint density at radius 3 is 3.06 bits per heavy atom. The molecule has 2 unspecified atom stereocenters. The fourth-order valence-corrected chi connectivity index (χ4v) is 3.35. The van der Waals surface area contributed by atoms with Crippen molar-refractivity contribution in [3.63, 3.8) is 0 Å². The number of hydrogen-bond donors (Lipinski definition) is 0. The molecule has 3 heterocycles. The number of nitrogens with zero attached hydrogens (tertiary/aromatic N) is 1. The van der Waals surface area contributed by atoms with E-state index in [1.807, 2.05) is 0 Å². The second-order valence-corrected chi connectivity index (χ2v) is 5.59. The summed E-state index contributed by atoms with van der Waals surface area (Å²) < 4.78 is 11.4. The van der Waals surface area contributed by atoms with Crippen LogP contribution in [0.5, 0.6) is 0 Å². The summed E-state index contributed by atoms with van der Waals surface area (Å²) in [6, 6.07) is 0.523. The van der Waals surface area contributed by atoms with Crippen molar-refractivity contribution < 1.29 is 14.3 Å². The third-order valence-electron chi connectivity index (χ3n) is 4.33. The Morgan fingerprint density at radius 2 is 2.29 bits per heavy atom. The Hall–Kier alpha value is -0.450. The maximum atomic E-state index is 11.5. The van der Waals surface area contributed by atoms with Crippen LogP contribution in [-0.4, -0.2) is 55.2 Å². The van der Waals surface area contributed by atoms with Gasteiger partial charge in [-0.3, -0.25) is 9.69 Å². The van der Waals surface area contributed by atoms with Crippen molar-refractivity contribution in [1.29, 1.82) is 0 Å². The zero-order valence-corrected chi connectivity index (χ0v) is 10.3. The van der Waals surface area contributed by atoms with E-state index in [0.29, 0.717) is 18.4 Å². The number of Topliss-reactive ketones (excluding diaryl/α,β-unsaturated/α-hetero) is 1. The van der Waals surface area contributed by atoms with Gasteiger partial charge < -0.3 is 9.47 Å². The molecule has 4 nitrogen and oxygen atoms in total. The number of carbonyl (C=O) groups is 1. The molecule has 0 bridgehead atoms. The second-order valence-electron chi connectivity index (χ2n) is 5.59. The van der Waals surface area contributed by atoms with Gasteiger partial charge in [0.15, 0.2) is 0 Å². The van der Waals surface area contributed by atoms with Crippen molar-refractivity contribution in [2.75, 3.05) is 32.9 Å². The predicted molar refractivity (Wildman–Crippen MR) is 63.0 cm³/mol. The molecule has 0 N–H and O–H groups in total. The zero-order valence-electron chi connectivity index (χ0n) is 10.3. The van der Waals surface area contributed by atoms with Crippen LogP contribution in [0.2, 0.25) is 0 Å². The lowest BCUT2D eigenvalue weighted by Gasteiger charge is -2.43. The lowest BCUT2D eigenvalue weighted by Crippen LogP contribution is -2.51. The highest BCUT2D eigenvalue weighted by Crippen LogP contribution is 2.35. The summed E-state index contributed by atoms with van der Waals surface area (Å²) >= 11 is 0. The number of ether oxygens (including phenoxy) is 2. The molecule has 96 valence electrons. The van der Waals surface area contributed by atoms with Crippen LogP contribution in [0, 0.1) is 0 Å². The Balaban J connectivity index is 1.64. The van der Waals surface area contributed by atoms with E-state index in [0.717, 1.165) is 58.5 Å². The van der Waals surface area contributed by atoms with Crippen LogP contribution in [0.4, 0.5) is 0 Å². The van der Waals surface area contributed by atoms with Crippen LogP contribution in [0.25, 0.3) is 0 Å². The molecule has 3 aliphatic heterocycles. The van der Waals surface area contributed by atoms with Crippen molar-refractivity contribution in [1.82, 2.24) is 4.90 Å². The highest BCUT2D eigenvalue weighted by Gasteiger charge is 2.42. The molecule has 2 atom stereocenters. The number of carbonyl (C=O) groups excluding carboxylic acids is 1. The van der Waals surface area contributed by atoms with Crippen LogP contribution in [0.15, 0.2) is 0 Å². The van der Waals surface area contributed by atoms with E-state index in [4.69, 9.17) is 9.47 Å². The van der Waals surface area contributed by atoms with Gasteiger partial charge in [-0.15, -0.1) is 0 Å². The van der Waals surface area contributed by atoms with Crippen LogP contribution in [0.1, 0.15) is 32.1 Å². The molecule has 3 rings (SSSR count). The normalized spacial score (nSPS) is 40.0. The molecule has 0 aromatic rings. The predicted octanol–water partition coefficient (Wildman–Crippen LogP) is 0.989. The largest absolute Gasteiger partial charge is 0.378 e. The van der Waals surface area contributed by atoms with Crippen LogP contribution in [0.3, 0.4) is 0 Å². The summed E-state index contributed by atoms with van der Waals surface area (Å²) in [7, 11) is 0. The lowest BCUT2D eigenvalue weighted by molar-refractivity contribution is -0.129. The molecule has 0 radical (unpaired) electrons. The Labute approximate surface area is 102 Å². The summed E-state index contributed by atoms with van der Waals surface area (Å²) in [5.41, 5.74) is -0.0383. The van der Waals surface area contributed by atoms with Crippen LogP contribution in [-0.2, 0) is 14.3 Å². The SMILES string of the molecule is O=C1CCCN(C2CCOC3(CCOC3)C2)C1. The summed E-state index contributed by atoms with van der Waals surface area (Å²) in [5, 5.41) is 0. The molecule has 17 heavy (non-hydrogen) atoms. The van der Waals surface area contributed by atoms with Gasteiger partial charge in [0.05, 0.1) is 18.8 Å². The first-order chi connectivity index (χ1) is 8.27. The fourth-order valence-electron chi connectivity index (χ4n) is 3.35. The molecule has 3 fully saturated rings. The molecule has 3 aliphatic rings. The Bertz CT molecular complexity index is 299. The fraction of sp³-hybridized carbons (Fsp3) is 0.923.